The molecule has 0 bridgehead atoms. The van der Waals surface area contributed by atoms with E-state index < -0.39 is 0 Å². The van der Waals surface area contributed by atoms with Crippen LogP contribution in [0.3, 0.4) is 0 Å². The molecule has 1 heterocycles. The zero-order valence-electron chi connectivity index (χ0n) is 8.51. The van der Waals surface area contributed by atoms with Crippen LogP contribution in [0.2, 0.25) is 0 Å². The van der Waals surface area contributed by atoms with Crippen LogP contribution in [0.15, 0.2) is 11.3 Å². The molecule has 0 saturated heterocycles. The van der Waals surface area contributed by atoms with Crippen molar-refractivity contribution in [2.45, 2.75) is 31.9 Å². The fraction of sp³-hybridized carbons (Fsp3) is 0.700. The Morgan fingerprint density at radius 3 is 2.71 bits per heavy atom. The molecule has 2 nitrogen and oxygen atoms in total. The number of unbranched alkanes of at least 4 members (excludes halogenated alkanes) is 1. The highest BCUT2D eigenvalue weighted by atomic mass is 79.9. The van der Waals surface area contributed by atoms with Crippen molar-refractivity contribution in [1.82, 2.24) is 0 Å². The summed E-state index contributed by atoms with van der Waals surface area (Å²) in [6.45, 7) is 4.58. The largest absolute Gasteiger partial charge is 0.496 e. The first kappa shape index (κ1) is 12.1. The smallest absolute Gasteiger partial charge is 0.219 e. The molecule has 1 rings (SSSR count). The normalized spacial score (nSPS) is 21.9. The molecule has 1 aliphatic rings. The summed E-state index contributed by atoms with van der Waals surface area (Å²) >= 11 is 4.72. The number of carbonyl (C=O) groups is 1. The van der Waals surface area contributed by atoms with Crippen molar-refractivity contribution in [3.05, 3.63) is 11.3 Å². The van der Waals surface area contributed by atoms with E-state index in [2.05, 4.69) is 15.9 Å². The van der Waals surface area contributed by atoms with Gasteiger partial charge in [0.2, 0.25) is 5.12 Å². The number of hydrogen-bond donors (Lipinski definition) is 0. The van der Waals surface area contributed by atoms with E-state index in [-0.39, 0.29) is 10.4 Å². The highest BCUT2D eigenvalue weighted by Gasteiger charge is 2.28. The first-order chi connectivity index (χ1) is 6.66. The van der Waals surface area contributed by atoms with E-state index in [4.69, 9.17) is 4.74 Å². The summed E-state index contributed by atoms with van der Waals surface area (Å²) in [7, 11) is 0. The van der Waals surface area contributed by atoms with Crippen LogP contribution in [-0.2, 0) is 9.53 Å². The van der Waals surface area contributed by atoms with Crippen LogP contribution in [0.5, 0.6) is 0 Å². The van der Waals surface area contributed by atoms with Crippen LogP contribution in [-0.4, -0.2) is 22.3 Å². The summed E-state index contributed by atoms with van der Waals surface area (Å²) in [5.74, 6) is 0.884. The Kier molecular flexibility index (Phi) is 5.02. The van der Waals surface area contributed by atoms with Gasteiger partial charge in [0.15, 0.2) is 0 Å². The molecule has 0 aliphatic carbocycles. The van der Waals surface area contributed by atoms with Crippen molar-refractivity contribution in [2.75, 3.05) is 11.9 Å². The maximum absolute atomic E-state index is 11.3. The molecule has 0 aromatic carbocycles. The molecule has 80 valence electrons. The van der Waals surface area contributed by atoms with Crippen molar-refractivity contribution in [1.29, 1.82) is 0 Å². The van der Waals surface area contributed by atoms with E-state index >= 15 is 0 Å². The molecule has 1 atom stereocenters. The van der Waals surface area contributed by atoms with Crippen LogP contribution in [0.4, 0.5) is 0 Å². The third-order valence-corrected chi connectivity index (χ3v) is 3.76. The average molecular weight is 279 g/mol. The first-order valence-electron chi connectivity index (χ1n) is 4.77. The average Bonchev–Trinajstić information content (AvgIpc) is 2.38. The summed E-state index contributed by atoms with van der Waals surface area (Å²) in [5, 5.41) is 1.37. The van der Waals surface area contributed by atoms with Gasteiger partial charge < -0.3 is 4.74 Å². The lowest BCUT2D eigenvalue weighted by Crippen LogP contribution is -2.03. The number of carbonyl (C=O) groups excluding carboxylic acids is 1. The fourth-order valence-corrected chi connectivity index (χ4v) is 2.66. The molecular formula is C10H15BrO2S. The Labute approximate surface area is 97.6 Å². The van der Waals surface area contributed by atoms with E-state index in [1.54, 1.807) is 0 Å². The van der Waals surface area contributed by atoms with Crippen molar-refractivity contribution >= 4 is 32.8 Å². The number of ether oxygens (including phenoxy) is 1. The molecular weight excluding hydrogens is 264 g/mol. The minimum atomic E-state index is 0.160. The predicted octanol–water partition coefficient (Wildman–Crippen LogP) is 3.11. The molecule has 0 N–H and O–H groups in total. The SMILES string of the molecule is CC1=C(OCCCCBr)C(C)SC1=O. The fourth-order valence-electron chi connectivity index (χ4n) is 1.31. The highest BCUT2D eigenvalue weighted by Crippen LogP contribution is 2.33. The molecule has 14 heavy (non-hydrogen) atoms. The highest BCUT2D eigenvalue weighted by molar-refractivity contribution is 9.09. The minimum Gasteiger partial charge on any atom is -0.496 e. The number of alkyl halides is 1. The van der Waals surface area contributed by atoms with Gasteiger partial charge in [-0.25, -0.2) is 0 Å². The summed E-state index contributed by atoms with van der Waals surface area (Å²) in [6, 6.07) is 0. The Morgan fingerprint density at radius 1 is 1.50 bits per heavy atom. The molecule has 0 spiro atoms. The Hall–Kier alpha value is 0.0400. The number of halogens is 1. The van der Waals surface area contributed by atoms with Gasteiger partial charge in [0, 0.05) is 10.9 Å². The van der Waals surface area contributed by atoms with Gasteiger partial charge in [0.25, 0.3) is 0 Å². The third kappa shape index (κ3) is 3.02. The summed E-state index contributed by atoms with van der Waals surface area (Å²) < 4.78 is 5.62. The first-order valence-corrected chi connectivity index (χ1v) is 6.77. The van der Waals surface area contributed by atoms with Gasteiger partial charge in [-0.2, -0.15) is 0 Å². The molecule has 0 aromatic rings. The standard InChI is InChI=1S/C10H15BrO2S/c1-7-9(8(2)14-10(7)12)13-6-4-3-5-11/h8H,3-6H2,1-2H3. The minimum absolute atomic E-state index is 0.160. The number of hydrogen-bond acceptors (Lipinski definition) is 3. The van der Waals surface area contributed by atoms with Gasteiger partial charge in [-0.15, -0.1) is 0 Å². The summed E-state index contributed by atoms with van der Waals surface area (Å²) in [5.41, 5.74) is 0.793. The van der Waals surface area contributed by atoms with Gasteiger partial charge in [0.1, 0.15) is 5.76 Å². The lowest BCUT2D eigenvalue weighted by atomic mass is 10.2. The number of thioether (sulfide) groups is 1. The van der Waals surface area contributed by atoms with Gasteiger partial charge in [0.05, 0.1) is 11.9 Å². The van der Waals surface area contributed by atoms with Gasteiger partial charge >= 0.3 is 0 Å². The number of rotatable bonds is 5. The molecule has 0 fully saturated rings. The molecule has 0 saturated carbocycles. The van der Waals surface area contributed by atoms with Gasteiger partial charge in [-0.1, -0.05) is 27.7 Å². The molecule has 4 heteroatoms. The summed E-state index contributed by atoms with van der Waals surface area (Å²) in [4.78, 5) is 11.3. The van der Waals surface area contributed by atoms with Crippen molar-refractivity contribution < 1.29 is 9.53 Å². The molecule has 1 aliphatic heterocycles. The third-order valence-electron chi connectivity index (χ3n) is 2.11. The van der Waals surface area contributed by atoms with E-state index in [0.717, 1.165) is 36.1 Å². The van der Waals surface area contributed by atoms with Crippen LogP contribution in [0.1, 0.15) is 26.7 Å². The van der Waals surface area contributed by atoms with Crippen LogP contribution < -0.4 is 0 Å². The van der Waals surface area contributed by atoms with E-state index in [1.807, 2.05) is 13.8 Å². The van der Waals surface area contributed by atoms with Crippen molar-refractivity contribution in [2.24, 2.45) is 0 Å². The zero-order valence-corrected chi connectivity index (χ0v) is 10.9. The topological polar surface area (TPSA) is 26.3 Å². The van der Waals surface area contributed by atoms with Crippen LogP contribution in [0.25, 0.3) is 0 Å². The second kappa shape index (κ2) is 5.81. The lowest BCUT2D eigenvalue weighted by Gasteiger charge is -2.10. The second-order valence-electron chi connectivity index (χ2n) is 3.28. The van der Waals surface area contributed by atoms with Crippen LogP contribution >= 0.6 is 27.7 Å². The molecule has 1 unspecified atom stereocenters. The molecule has 0 amide bonds. The quantitative estimate of drug-likeness (QED) is 0.571. The van der Waals surface area contributed by atoms with Crippen molar-refractivity contribution in [3.63, 3.8) is 0 Å². The van der Waals surface area contributed by atoms with E-state index in [9.17, 15) is 4.79 Å². The second-order valence-corrected chi connectivity index (χ2v) is 5.39. The molecule has 0 radical (unpaired) electrons. The Bertz CT molecular complexity index is 251. The van der Waals surface area contributed by atoms with Crippen molar-refractivity contribution in [3.8, 4) is 0 Å². The maximum atomic E-state index is 11.3. The van der Waals surface area contributed by atoms with Gasteiger partial charge in [-0.05, 0) is 26.7 Å². The Morgan fingerprint density at radius 2 is 2.21 bits per heavy atom. The zero-order chi connectivity index (χ0) is 10.6. The van der Waals surface area contributed by atoms with E-state index in [1.165, 1.54) is 11.8 Å². The summed E-state index contributed by atoms with van der Waals surface area (Å²) in [6.07, 6.45) is 2.15. The molecule has 0 aromatic heterocycles. The predicted molar refractivity (Wildman–Crippen MR) is 63.7 cm³/mol. The monoisotopic (exact) mass is 278 g/mol. The van der Waals surface area contributed by atoms with E-state index in [0.29, 0.717) is 0 Å². The van der Waals surface area contributed by atoms with Crippen LogP contribution in [0, 0.1) is 0 Å². The maximum Gasteiger partial charge on any atom is 0.219 e. The van der Waals surface area contributed by atoms with Gasteiger partial charge in [-0.3, -0.25) is 4.79 Å². The Balaban J connectivity index is 2.39. The lowest BCUT2D eigenvalue weighted by molar-refractivity contribution is -0.107.